The average Bonchev–Trinajstić information content (AvgIpc) is 2.94. The normalized spacial score (nSPS) is 30.7. The van der Waals surface area contributed by atoms with Crippen molar-refractivity contribution < 1.29 is 23.8 Å². The zero-order valence-electron chi connectivity index (χ0n) is 26.1. The first-order valence-corrected chi connectivity index (χ1v) is 15.1. The molecule has 0 aromatic heterocycles. The van der Waals surface area contributed by atoms with Gasteiger partial charge >= 0.3 is 5.97 Å². The van der Waals surface area contributed by atoms with Crippen LogP contribution < -0.4 is 9.47 Å². The molecule has 0 amide bonds. The Morgan fingerprint density at radius 3 is 2.29 bits per heavy atom. The highest BCUT2D eigenvalue weighted by atomic mass is 16.5. The molecule has 2 aromatic carbocycles. The number of rotatable bonds is 6. The number of hydrogen-bond donors (Lipinski definition) is 0. The molecule has 5 atom stereocenters. The van der Waals surface area contributed by atoms with E-state index >= 15 is 0 Å². The Morgan fingerprint density at radius 2 is 1.63 bits per heavy atom. The van der Waals surface area contributed by atoms with E-state index in [0.29, 0.717) is 24.3 Å². The van der Waals surface area contributed by atoms with Gasteiger partial charge in [-0.25, -0.2) is 4.79 Å². The number of carbonyl (C=O) groups is 2. The van der Waals surface area contributed by atoms with Crippen molar-refractivity contribution in [2.24, 2.45) is 28.1 Å². The van der Waals surface area contributed by atoms with Gasteiger partial charge in [-0.2, -0.15) is 0 Å². The van der Waals surface area contributed by atoms with E-state index in [4.69, 9.17) is 14.2 Å². The summed E-state index contributed by atoms with van der Waals surface area (Å²) in [5, 5.41) is 0. The average molecular weight is 559 g/mol. The van der Waals surface area contributed by atoms with Crippen LogP contribution in [0.25, 0.3) is 0 Å². The predicted octanol–water partition coefficient (Wildman–Crippen LogP) is 7.93. The third kappa shape index (κ3) is 4.79. The van der Waals surface area contributed by atoms with Gasteiger partial charge in [0.25, 0.3) is 0 Å². The van der Waals surface area contributed by atoms with Crippen LogP contribution >= 0.6 is 0 Å². The molecule has 3 aliphatic rings. The van der Waals surface area contributed by atoms with Gasteiger partial charge in [-0.3, -0.25) is 4.79 Å². The maximum absolute atomic E-state index is 13.7. The molecule has 0 unspecified atom stereocenters. The summed E-state index contributed by atoms with van der Waals surface area (Å²) >= 11 is 0. The number of methoxy groups -OCH3 is 2. The molecule has 0 N–H and O–H groups in total. The van der Waals surface area contributed by atoms with E-state index in [1.54, 1.807) is 14.2 Å². The lowest BCUT2D eigenvalue weighted by Crippen LogP contribution is -2.60. The monoisotopic (exact) mass is 558 g/mol. The van der Waals surface area contributed by atoms with Gasteiger partial charge in [0, 0.05) is 17.4 Å². The van der Waals surface area contributed by atoms with Gasteiger partial charge in [-0.05, 0) is 104 Å². The molecule has 2 fully saturated rings. The lowest BCUT2D eigenvalue weighted by atomic mass is 9.40. The zero-order chi connectivity index (χ0) is 29.7. The number of aryl methyl sites for hydroxylation is 1. The molecule has 5 rings (SSSR count). The van der Waals surface area contributed by atoms with Crippen LogP contribution in [0, 0.1) is 35.0 Å². The van der Waals surface area contributed by atoms with Crippen molar-refractivity contribution in [1.82, 2.24) is 0 Å². The van der Waals surface area contributed by atoms with Gasteiger partial charge in [-0.15, -0.1) is 0 Å². The van der Waals surface area contributed by atoms with Gasteiger partial charge in [0.05, 0.1) is 19.8 Å². The van der Waals surface area contributed by atoms with Crippen LogP contribution in [-0.4, -0.2) is 32.1 Å². The number of benzene rings is 2. The van der Waals surface area contributed by atoms with Crippen molar-refractivity contribution in [3.05, 3.63) is 70.3 Å². The molecule has 0 bridgehead atoms. The number of Topliss-reactive ketones (excluding diaryl/α,β-unsaturated/α-hetero) is 1. The van der Waals surface area contributed by atoms with Gasteiger partial charge in [0.1, 0.15) is 17.6 Å². The van der Waals surface area contributed by atoms with Crippen molar-refractivity contribution in [2.75, 3.05) is 14.2 Å². The minimum absolute atomic E-state index is 0.0395. The molecule has 41 heavy (non-hydrogen) atoms. The molecular formula is C36H46O5. The molecule has 220 valence electrons. The van der Waals surface area contributed by atoms with Crippen LogP contribution in [0.15, 0.2) is 53.6 Å². The third-order valence-corrected chi connectivity index (χ3v) is 11.3. The quantitative estimate of drug-likeness (QED) is 0.337. The fourth-order valence-corrected chi connectivity index (χ4v) is 9.14. The second-order valence-electron chi connectivity index (χ2n) is 13.7. The summed E-state index contributed by atoms with van der Waals surface area (Å²) in [6, 6.07) is 13.3. The van der Waals surface area contributed by atoms with Crippen molar-refractivity contribution in [3.63, 3.8) is 0 Å². The van der Waals surface area contributed by atoms with E-state index in [9.17, 15) is 9.59 Å². The number of esters is 1. The molecule has 5 heteroatoms. The topological polar surface area (TPSA) is 61.8 Å². The van der Waals surface area contributed by atoms with Gasteiger partial charge in [0.15, 0.2) is 5.78 Å². The van der Waals surface area contributed by atoms with E-state index in [2.05, 4.69) is 33.8 Å². The Kier molecular flexibility index (Phi) is 7.63. The van der Waals surface area contributed by atoms with Crippen LogP contribution in [0.5, 0.6) is 11.5 Å². The lowest BCUT2D eigenvalue weighted by molar-refractivity contribution is -0.170. The molecule has 0 heterocycles. The van der Waals surface area contributed by atoms with E-state index in [-0.39, 0.29) is 40.0 Å². The Balaban J connectivity index is 1.47. The maximum atomic E-state index is 13.7. The summed E-state index contributed by atoms with van der Waals surface area (Å²) < 4.78 is 17.7. The minimum Gasteiger partial charge on any atom is -0.497 e. The molecule has 0 spiro atoms. The van der Waals surface area contributed by atoms with Gasteiger partial charge < -0.3 is 14.2 Å². The number of allylic oxidation sites excluding steroid dienone is 2. The fourth-order valence-electron chi connectivity index (χ4n) is 9.14. The van der Waals surface area contributed by atoms with E-state index in [0.717, 1.165) is 53.9 Å². The Bertz CT molecular complexity index is 1370. The van der Waals surface area contributed by atoms with Crippen LogP contribution in [0.1, 0.15) is 88.2 Å². The van der Waals surface area contributed by atoms with Gasteiger partial charge in [-0.1, -0.05) is 51.5 Å². The predicted molar refractivity (Wildman–Crippen MR) is 161 cm³/mol. The Morgan fingerprint density at radius 1 is 0.927 bits per heavy atom. The third-order valence-electron chi connectivity index (χ3n) is 11.3. The van der Waals surface area contributed by atoms with Crippen LogP contribution in [0.3, 0.4) is 0 Å². The summed E-state index contributed by atoms with van der Waals surface area (Å²) in [6.07, 6.45) is 4.89. The van der Waals surface area contributed by atoms with E-state index in [1.807, 2.05) is 50.2 Å². The molecule has 0 radical (unpaired) electrons. The summed E-state index contributed by atoms with van der Waals surface area (Å²) in [7, 11) is 3.40. The smallest absolute Gasteiger partial charge is 0.338 e. The number of ether oxygens (including phenoxy) is 3. The van der Waals surface area contributed by atoms with Gasteiger partial charge in [0.2, 0.25) is 0 Å². The second-order valence-corrected chi connectivity index (χ2v) is 13.7. The summed E-state index contributed by atoms with van der Waals surface area (Å²) in [5.74, 6) is 2.26. The zero-order valence-corrected chi connectivity index (χ0v) is 26.1. The molecule has 2 saturated carbocycles. The summed E-state index contributed by atoms with van der Waals surface area (Å²) in [5.41, 5.74) is 4.52. The molecule has 0 saturated heterocycles. The highest BCUT2D eigenvalue weighted by molar-refractivity contribution is 5.97. The number of carbonyl (C=O) groups excluding carboxylic acids is 2. The minimum atomic E-state index is -0.246. The number of ketones is 1. The SMILES string of the molecule is COc1cc(C)c(OC)c(CC2=C(C)C(=O)C[C@@H]3[C@@]4(C)CC[C@H](OC(=O)c5ccccc5)C(C)(C)[C@@H]4CC[C@@]23C)c1. The van der Waals surface area contributed by atoms with Crippen molar-refractivity contribution >= 4 is 11.8 Å². The molecule has 2 aromatic rings. The Labute approximate surface area is 245 Å². The number of hydrogen-bond acceptors (Lipinski definition) is 5. The molecule has 3 aliphatic carbocycles. The van der Waals surface area contributed by atoms with Crippen molar-refractivity contribution in [3.8, 4) is 11.5 Å². The molecular weight excluding hydrogens is 512 g/mol. The molecule has 0 aliphatic heterocycles. The van der Waals surface area contributed by atoms with Crippen molar-refractivity contribution in [1.29, 1.82) is 0 Å². The van der Waals surface area contributed by atoms with Crippen LogP contribution in [-0.2, 0) is 16.0 Å². The fraction of sp³-hybridized carbons (Fsp3) is 0.556. The van der Waals surface area contributed by atoms with E-state index in [1.165, 1.54) is 5.57 Å². The summed E-state index contributed by atoms with van der Waals surface area (Å²) in [6.45, 7) is 13.4. The lowest BCUT2D eigenvalue weighted by Gasteiger charge is -2.65. The van der Waals surface area contributed by atoms with Crippen molar-refractivity contribution in [2.45, 2.75) is 86.2 Å². The highest BCUT2D eigenvalue weighted by Gasteiger charge is 2.63. The Hall–Kier alpha value is -3.08. The van der Waals surface area contributed by atoms with E-state index < -0.39 is 0 Å². The second kappa shape index (κ2) is 10.6. The van der Waals surface area contributed by atoms with Crippen LogP contribution in [0.4, 0.5) is 0 Å². The first-order chi connectivity index (χ1) is 19.4. The largest absolute Gasteiger partial charge is 0.497 e. The van der Waals surface area contributed by atoms with Crippen LogP contribution in [0.2, 0.25) is 0 Å². The standard InChI is InChI=1S/C36H46O5/c1-22-18-26(39-7)19-25(32(22)40-8)20-27-23(2)28(37)21-30-35(27,5)16-14-29-34(3,4)31(15-17-36(29,30)6)41-33(38)24-12-10-9-11-13-24/h9-13,18-19,29-31H,14-17,20-21H2,1-8H3/t29-,30-,31-,35-,36-/m0/s1. The molecule has 5 nitrogen and oxygen atoms in total. The highest BCUT2D eigenvalue weighted by Crippen LogP contribution is 2.68. The number of fused-ring (bicyclic) bond motifs is 3. The first kappa shape index (κ1) is 29.4. The maximum Gasteiger partial charge on any atom is 0.338 e. The first-order valence-electron chi connectivity index (χ1n) is 15.1. The summed E-state index contributed by atoms with van der Waals surface area (Å²) in [4.78, 5) is 26.7.